The minimum absolute atomic E-state index is 0.0185. The van der Waals surface area contributed by atoms with E-state index in [2.05, 4.69) is 22.3 Å². The lowest BCUT2D eigenvalue weighted by Crippen LogP contribution is -2.51. The Balaban J connectivity index is 1.49. The minimum Gasteiger partial charge on any atom is -0.507 e. The standard InChI is InChI=1S/C30H33ClN4O5/c1-30(2,3)40-29(39)35-15-5-4-6-25(35)28(38)32-23-12-8-20(9-13-23)7-10-21-19-34(16-17-36)33-27(21)24-18-22(31)11-14-26(24)37/h8-9,11-14,18-19,25,36-37H,4-6,15-17H2,1-3H3,(H,32,38). The van der Waals surface area contributed by atoms with Crippen molar-refractivity contribution in [1.29, 1.82) is 0 Å². The van der Waals surface area contributed by atoms with Crippen molar-refractivity contribution in [2.45, 2.75) is 58.2 Å². The molecule has 40 heavy (non-hydrogen) atoms. The number of carbonyl (C=O) groups is 2. The number of likely N-dealkylation sites (tertiary alicyclic amines) is 1. The van der Waals surface area contributed by atoms with Crippen molar-refractivity contribution in [3.63, 3.8) is 0 Å². The maximum atomic E-state index is 13.1. The van der Waals surface area contributed by atoms with Gasteiger partial charge in [0.25, 0.3) is 0 Å². The van der Waals surface area contributed by atoms with Crippen LogP contribution in [0.3, 0.4) is 0 Å². The van der Waals surface area contributed by atoms with Crippen LogP contribution in [-0.4, -0.2) is 61.7 Å². The number of anilines is 1. The number of hydrogen-bond acceptors (Lipinski definition) is 6. The van der Waals surface area contributed by atoms with Crippen LogP contribution in [0.1, 0.15) is 51.2 Å². The molecular weight excluding hydrogens is 532 g/mol. The zero-order chi connectivity index (χ0) is 28.9. The van der Waals surface area contributed by atoms with E-state index in [0.29, 0.717) is 46.1 Å². The van der Waals surface area contributed by atoms with E-state index in [4.69, 9.17) is 16.3 Å². The van der Waals surface area contributed by atoms with Crippen LogP contribution in [0, 0.1) is 11.8 Å². The number of benzene rings is 2. The fourth-order valence-corrected chi connectivity index (χ4v) is 4.54. The molecule has 1 unspecified atom stereocenters. The smallest absolute Gasteiger partial charge is 0.410 e. The summed E-state index contributed by atoms with van der Waals surface area (Å²) in [6.07, 6.45) is 3.48. The molecule has 210 valence electrons. The number of nitrogens with zero attached hydrogens (tertiary/aromatic N) is 3. The Labute approximate surface area is 238 Å². The Morgan fingerprint density at radius 2 is 1.90 bits per heavy atom. The average Bonchev–Trinajstić information content (AvgIpc) is 3.31. The Morgan fingerprint density at radius 1 is 1.15 bits per heavy atom. The number of hydrogen-bond donors (Lipinski definition) is 3. The van der Waals surface area contributed by atoms with Gasteiger partial charge in [-0.15, -0.1) is 0 Å². The van der Waals surface area contributed by atoms with E-state index in [1.165, 1.54) is 11.0 Å². The first-order valence-corrected chi connectivity index (χ1v) is 13.5. The molecule has 0 bridgehead atoms. The number of aliphatic hydroxyl groups is 1. The second-order valence-corrected chi connectivity index (χ2v) is 11.0. The Kier molecular flexibility index (Phi) is 9.03. The largest absolute Gasteiger partial charge is 0.507 e. The van der Waals surface area contributed by atoms with Gasteiger partial charge in [0.1, 0.15) is 23.1 Å². The lowest BCUT2D eigenvalue weighted by atomic mass is 10.0. The Bertz CT molecular complexity index is 1430. The fourth-order valence-electron chi connectivity index (χ4n) is 4.37. The third kappa shape index (κ3) is 7.34. The first kappa shape index (κ1) is 29.0. The summed E-state index contributed by atoms with van der Waals surface area (Å²) in [5.41, 5.74) is 2.09. The quantitative estimate of drug-likeness (QED) is 0.374. The molecule has 1 saturated heterocycles. The topological polar surface area (TPSA) is 117 Å². The highest BCUT2D eigenvalue weighted by Gasteiger charge is 2.34. The van der Waals surface area contributed by atoms with E-state index in [9.17, 15) is 19.8 Å². The van der Waals surface area contributed by atoms with Crippen molar-refractivity contribution >= 4 is 29.3 Å². The van der Waals surface area contributed by atoms with Crippen molar-refractivity contribution in [3.8, 4) is 28.8 Å². The summed E-state index contributed by atoms with van der Waals surface area (Å²) in [6, 6.07) is 11.2. The fraction of sp³-hybridized carbons (Fsp3) is 0.367. The van der Waals surface area contributed by atoms with Crippen LogP contribution < -0.4 is 5.32 Å². The highest BCUT2D eigenvalue weighted by molar-refractivity contribution is 6.31. The van der Waals surface area contributed by atoms with Gasteiger partial charge in [-0.3, -0.25) is 14.4 Å². The zero-order valence-corrected chi connectivity index (χ0v) is 23.5. The number of phenolic OH excluding ortho intramolecular Hbond substituents is 1. The van der Waals surface area contributed by atoms with Gasteiger partial charge in [-0.25, -0.2) is 4.79 Å². The molecule has 1 aliphatic rings. The lowest BCUT2D eigenvalue weighted by Gasteiger charge is -2.35. The third-order valence-corrected chi connectivity index (χ3v) is 6.47. The predicted octanol–water partition coefficient (Wildman–Crippen LogP) is 5.03. The predicted molar refractivity (Wildman–Crippen MR) is 153 cm³/mol. The molecule has 0 spiro atoms. The summed E-state index contributed by atoms with van der Waals surface area (Å²) in [6.45, 7) is 6.06. The van der Waals surface area contributed by atoms with E-state index in [-0.39, 0.29) is 24.8 Å². The van der Waals surface area contributed by atoms with Crippen molar-refractivity contribution in [1.82, 2.24) is 14.7 Å². The molecule has 1 aromatic heterocycles. The minimum atomic E-state index is -0.640. The van der Waals surface area contributed by atoms with Gasteiger partial charge >= 0.3 is 6.09 Å². The van der Waals surface area contributed by atoms with E-state index < -0.39 is 17.7 Å². The van der Waals surface area contributed by atoms with Crippen LogP contribution in [0.15, 0.2) is 48.7 Å². The number of aromatic hydroxyl groups is 1. The highest BCUT2D eigenvalue weighted by Crippen LogP contribution is 2.32. The number of rotatable bonds is 5. The number of ether oxygens (including phenoxy) is 1. The van der Waals surface area contributed by atoms with Gasteiger partial charge in [-0.2, -0.15) is 5.10 Å². The molecule has 10 heteroatoms. The number of aromatic nitrogens is 2. The summed E-state index contributed by atoms with van der Waals surface area (Å²) in [4.78, 5) is 27.3. The molecule has 1 fully saturated rings. The number of carbonyl (C=O) groups excluding carboxylic acids is 2. The summed E-state index contributed by atoms with van der Waals surface area (Å²) in [5, 5.41) is 27.5. The molecule has 3 N–H and O–H groups in total. The third-order valence-electron chi connectivity index (χ3n) is 6.23. The molecule has 2 heterocycles. The number of halogens is 1. The molecule has 0 saturated carbocycles. The molecule has 2 amide bonds. The SMILES string of the molecule is CC(C)(C)OC(=O)N1CCCCC1C(=O)Nc1ccc(C#Cc2cn(CCO)nc2-c2cc(Cl)ccc2O)cc1. The van der Waals surface area contributed by atoms with Gasteiger partial charge in [-0.05, 0) is 82.5 Å². The van der Waals surface area contributed by atoms with Gasteiger partial charge in [-0.1, -0.05) is 23.4 Å². The van der Waals surface area contributed by atoms with E-state index >= 15 is 0 Å². The van der Waals surface area contributed by atoms with Crippen LogP contribution in [-0.2, 0) is 16.1 Å². The maximum Gasteiger partial charge on any atom is 0.410 e. The summed E-state index contributed by atoms with van der Waals surface area (Å²) in [7, 11) is 0. The second kappa shape index (κ2) is 12.5. The summed E-state index contributed by atoms with van der Waals surface area (Å²) >= 11 is 6.13. The molecule has 1 aliphatic heterocycles. The molecule has 9 nitrogen and oxygen atoms in total. The molecule has 4 rings (SSSR count). The zero-order valence-electron chi connectivity index (χ0n) is 22.8. The number of phenols is 1. The number of piperidine rings is 1. The first-order chi connectivity index (χ1) is 19.0. The molecular formula is C30H33ClN4O5. The average molecular weight is 565 g/mol. The van der Waals surface area contributed by atoms with E-state index in [1.807, 2.05) is 0 Å². The second-order valence-electron chi connectivity index (χ2n) is 10.5. The Hall–Kier alpha value is -4.00. The summed E-state index contributed by atoms with van der Waals surface area (Å²) in [5.74, 6) is 5.93. The van der Waals surface area contributed by atoms with Gasteiger partial charge in [0.15, 0.2) is 0 Å². The van der Waals surface area contributed by atoms with E-state index in [1.54, 1.807) is 68.0 Å². The van der Waals surface area contributed by atoms with Crippen molar-refractivity contribution in [3.05, 3.63) is 64.8 Å². The van der Waals surface area contributed by atoms with Gasteiger partial charge in [0, 0.05) is 34.6 Å². The van der Waals surface area contributed by atoms with Crippen LogP contribution in [0.4, 0.5) is 10.5 Å². The monoisotopic (exact) mass is 564 g/mol. The molecule has 3 aromatic rings. The van der Waals surface area contributed by atoms with E-state index in [0.717, 1.165) is 12.8 Å². The normalized spacial score (nSPS) is 15.2. The van der Waals surface area contributed by atoms with Gasteiger partial charge in [0.2, 0.25) is 5.91 Å². The summed E-state index contributed by atoms with van der Waals surface area (Å²) < 4.78 is 7.06. The molecule has 1 atom stereocenters. The highest BCUT2D eigenvalue weighted by atomic mass is 35.5. The van der Waals surface area contributed by atoms with Crippen molar-refractivity contribution in [2.75, 3.05) is 18.5 Å². The van der Waals surface area contributed by atoms with Crippen LogP contribution in [0.25, 0.3) is 11.3 Å². The van der Waals surface area contributed by atoms with Crippen LogP contribution in [0.5, 0.6) is 5.75 Å². The van der Waals surface area contributed by atoms with Crippen molar-refractivity contribution in [2.24, 2.45) is 0 Å². The van der Waals surface area contributed by atoms with Crippen molar-refractivity contribution < 1.29 is 24.5 Å². The number of amides is 2. The maximum absolute atomic E-state index is 13.1. The number of nitrogens with one attached hydrogen (secondary N) is 1. The molecule has 2 aromatic carbocycles. The molecule has 0 aliphatic carbocycles. The van der Waals surface area contributed by atoms with Gasteiger partial charge in [0.05, 0.1) is 18.7 Å². The van der Waals surface area contributed by atoms with Gasteiger partial charge < -0.3 is 20.3 Å². The van der Waals surface area contributed by atoms with Crippen LogP contribution in [0.2, 0.25) is 5.02 Å². The van der Waals surface area contributed by atoms with Crippen LogP contribution >= 0.6 is 11.6 Å². The molecule has 0 radical (unpaired) electrons. The Morgan fingerprint density at radius 3 is 2.60 bits per heavy atom. The number of aliphatic hydroxyl groups excluding tert-OH is 1. The first-order valence-electron chi connectivity index (χ1n) is 13.1. The lowest BCUT2D eigenvalue weighted by molar-refractivity contribution is -0.122.